The molecule has 0 saturated heterocycles. The fourth-order valence-corrected chi connectivity index (χ4v) is 2.01. The molecule has 2 rings (SSSR count). The first-order chi connectivity index (χ1) is 7.97. The molecule has 1 aromatic carbocycles. The molecule has 1 fully saturated rings. The SMILES string of the molecule is OC1CC(CNc2ccccc2C(F)(F)F)C1. The molecule has 0 bridgehead atoms. The lowest BCUT2D eigenvalue weighted by Crippen LogP contribution is -2.33. The van der Waals surface area contributed by atoms with Crippen LogP contribution in [0.4, 0.5) is 18.9 Å². The molecule has 1 aromatic rings. The van der Waals surface area contributed by atoms with Crippen LogP contribution in [0, 0.1) is 5.92 Å². The summed E-state index contributed by atoms with van der Waals surface area (Å²) in [4.78, 5) is 0. The highest BCUT2D eigenvalue weighted by molar-refractivity contribution is 5.52. The Labute approximate surface area is 97.5 Å². The minimum absolute atomic E-state index is 0.112. The van der Waals surface area contributed by atoms with Crippen LogP contribution in [0.1, 0.15) is 18.4 Å². The average molecular weight is 245 g/mol. The summed E-state index contributed by atoms with van der Waals surface area (Å²) in [5, 5.41) is 11.9. The number of rotatable bonds is 3. The van der Waals surface area contributed by atoms with E-state index in [1.165, 1.54) is 12.1 Å². The molecule has 0 spiro atoms. The molecular weight excluding hydrogens is 231 g/mol. The number of anilines is 1. The second kappa shape index (κ2) is 4.56. The number of aliphatic hydroxyl groups excluding tert-OH is 1. The van der Waals surface area contributed by atoms with Gasteiger partial charge in [-0.2, -0.15) is 13.2 Å². The summed E-state index contributed by atoms with van der Waals surface area (Å²) in [5.41, 5.74) is -0.527. The summed E-state index contributed by atoms with van der Waals surface area (Å²) in [6.45, 7) is 0.476. The summed E-state index contributed by atoms with van der Waals surface area (Å²) in [5.74, 6) is 0.270. The molecule has 1 aliphatic carbocycles. The summed E-state index contributed by atoms with van der Waals surface area (Å²) < 4.78 is 38.0. The smallest absolute Gasteiger partial charge is 0.393 e. The van der Waals surface area contributed by atoms with Crippen molar-refractivity contribution in [3.8, 4) is 0 Å². The molecule has 1 aliphatic rings. The van der Waals surface area contributed by atoms with E-state index in [4.69, 9.17) is 5.11 Å². The second-order valence-corrected chi connectivity index (χ2v) is 4.42. The normalized spacial score (nSPS) is 24.2. The van der Waals surface area contributed by atoms with Gasteiger partial charge in [-0.25, -0.2) is 0 Å². The number of benzene rings is 1. The van der Waals surface area contributed by atoms with Gasteiger partial charge in [-0.15, -0.1) is 0 Å². The fourth-order valence-electron chi connectivity index (χ4n) is 2.01. The van der Waals surface area contributed by atoms with Gasteiger partial charge in [0.15, 0.2) is 0 Å². The van der Waals surface area contributed by atoms with E-state index < -0.39 is 11.7 Å². The van der Waals surface area contributed by atoms with Crippen LogP contribution < -0.4 is 5.32 Å². The van der Waals surface area contributed by atoms with Crippen LogP contribution in [-0.4, -0.2) is 17.8 Å². The van der Waals surface area contributed by atoms with E-state index in [0.29, 0.717) is 19.4 Å². The van der Waals surface area contributed by atoms with Gasteiger partial charge in [0.2, 0.25) is 0 Å². The van der Waals surface area contributed by atoms with E-state index >= 15 is 0 Å². The zero-order valence-electron chi connectivity index (χ0n) is 9.17. The molecule has 0 heterocycles. The van der Waals surface area contributed by atoms with Crippen molar-refractivity contribution >= 4 is 5.69 Å². The van der Waals surface area contributed by atoms with Gasteiger partial charge in [-0.3, -0.25) is 0 Å². The molecule has 0 unspecified atom stereocenters. The highest BCUT2D eigenvalue weighted by Gasteiger charge is 2.33. The Bertz CT molecular complexity index is 386. The predicted molar refractivity (Wildman–Crippen MR) is 58.7 cm³/mol. The molecule has 0 radical (unpaired) electrons. The van der Waals surface area contributed by atoms with E-state index in [9.17, 15) is 13.2 Å². The molecule has 1 saturated carbocycles. The number of nitrogens with one attached hydrogen (secondary N) is 1. The molecule has 0 aliphatic heterocycles. The number of aliphatic hydroxyl groups is 1. The van der Waals surface area contributed by atoms with E-state index in [1.54, 1.807) is 6.07 Å². The molecule has 0 atom stereocenters. The van der Waals surface area contributed by atoms with Gasteiger partial charge in [-0.05, 0) is 30.9 Å². The third-order valence-corrected chi connectivity index (χ3v) is 3.02. The molecule has 94 valence electrons. The first-order valence-corrected chi connectivity index (χ1v) is 5.55. The van der Waals surface area contributed by atoms with Crippen LogP contribution in [0.3, 0.4) is 0 Å². The first-order valence-electron chi connectivity index (χ1n) is 5.55. The summed E-state index contributed by atoms with van der Waals surface area (Å²) in [6, 6.07) is 5.45. The summed E-state index contributed by atoms with van der Waals surface area (Å²) >= 11 is 0. The van der Waals surface area contributed by atoms with Crippen molar-refractivity contribution in [2.75, 3.05) is 11.9 Å². The number of halogens is 3. The van der Waals surface area contributed by atoms with Crippen molar-refractivity contribution in [2.24, 2.45) is 5.92 Å². The van der Waals surface area contributed by atoms with E-state index in [0.717, 1.165) is 6.07 Å². The van der Waals surface area contributed by atoms with Gasteiger partial charge in [0.05, 0.1) is 11.7 Å². The Hall–Kier alpha value is -1.23. The molecule has 5 heteroatoms. The minimum atomic E-state index is -4.33. The number of hydrogen-bond donors (Lipinski definition) is 2. The van der Waals surface area contributed by atoms with Gasteiger partial charge < -0.3 is 10.4 Å². The van der Waals surface area contributed by atoms with Gasteiger partial charge in [0.25, 0.3) is 0 Å². The van der Waals surface area contributed by atoms with Crippen molar-refractivity contribution in [3.05, 3.63) is 29.8 Å². The van der Waals surface area contributed by atoms with Crippen molar-refractivity contribution in [2.45, 2.75) is 25.1 Å². The van der Waals surface area contributed by atoms with Crippen LogP contribution in [0.15, 0.2) is 24.3 Å². The molecule has 17 heavy (non-hydrogen) atoms. The zero-order valence-corrected chi connectivity index (χ0v) is 9.17. The van der Waals surface area contributed by atoms with E-state index in [-0.39, 0.29) is 17.7 Å². The zero-order chi connectivity index (χ0) is 12.5. The van der Waals surface area contributed by atoms with E-state index in [2.05, 4.69) is 5.32 Å². The summed E-state index contributed by atoms with van der Waals surface area (Å²) in [7, 11) is 0. The lowest BCUT2D eigenvalue weighted by molar-refractivity contribution is -0.137. The molecule has 2 N–H and O–H groups in total. The van der Waals surface area contributed by atoms with Crippen LogP contribution in [0.25, 0.3) is 0 Å². The Morgan fingerprint density at radius 3 is 2.47 bits per heavy atom. The lowest BCUT2D eigenvalue weighted by Gasteiger charge is -2.32. The quantitative estimate of drug-likeness (QED) is 0.858. The van der Waals surface area contributed by atoms with Gasteiger partial charge in [0, 0.05) is 12.2 Å². The highest BCUT2D eigenvalue weighted by Crippen LogP contribution is 2.35. The Kier molecular flexibility index (Phi) is 3.28. The average Bonchev–Trinajstić information content (AvgIpc) is 2.22. The molecule has 0 amide bonds. The Balaban J connectivity index is 2.00. The van der Waals surface area contributed by atoms with Crippen molar-refractivity contribution in [1.82, 2.24) is 0 Å². The molecular formula is C12H14F3NO. The summed E-state index contributed by atoms with van der Waals surface area (Å²) in [6.07, 6.45) is -3.27. The third kappa shape index (κ3) is 2.91. The maximum atomic E-state index is 12.7. The Morgan fingerprint density at radius 2 is 1.88 bits per heavy atom. The second-order valence-electron chi connectivity index (χ2n) is 4.42. The number of para-hydroxylation sites is 1. The van der Waals surface area contributed by atoms with Crippen molar-refractivity contribution in [1.29, 1.82) is 0 Å². The lowest BCUT2D eigenvalue weighted by atomic mass is 9.82. The number of alkyl halides is 3. The van der Waals surface area contributed by atoms with Crippen LogP contribution in [-0.2, 0) is 6.18 Å². The standard InChI is InChI=1S/C12H14F3NO/c13-12(14,15)10-3-1-2-4-11(10)16-7-8-5-9(17)6-8/h1-4,8-9,16-17H,5-7H2. The van der Waals surface area contributed by atoms with Crippen LogP contribution in [0.5, 0.6) is 0 Å². The molecule has 0 aromatic heterocycles. The van der Waals surface area contributed by atoms with Crippen molar-refractivity contribution in [3.63, 3.8) is 0 Å². The van der Waals surface area contributed by atoms with E-state index in [1.807, 2.05) is 0 Å². The van der Waals surface area contributed by atoms with Gasteiger partial charge in [-0.1, -0.05) is 12.1 Å². The maximum absolute atomic E-state index is 12.7. The largest absolute Gasteiger partial charge is 0.418 e. The third-order valence-electron chi connectivity index (χ3n) is 3.02. The number of hydrogen-bond acceptors (Lipinski definition) is 2. The topological polar surface area (TPSA) is 32.3 Å². The maximum Gasteiger partial charge on any atom is 0.418 e. The molecule has 2 nitrogen and oxygen atoms in total. The van der Waals surface area contributed by atoms with Crippen LogP contribution in [0.2, 0.25) is 0 Å². The van der Waals surface area contributed by atoms with Crippen LogP contribution >= 0.6 is 0 Å². The van der Waals surface area contributed by atoms with Gasteiger partial charge in [0.1, 0.15) is 0 Å². The Morgan fingerprint density at radius 1 is 1.24 bits per heavy atom. The monoisotopic (exact) mass is 245 g/mol. The van der Waals surface area contributed by atoms with Gasteiger partial charge >= 0.3 is 6.18 Å². The highest BCUT2D eigenvalue weighted by atomic mass is 19.4. The predicted octanol–water partition coefficient (Wildman–Crippen LogP) is 2.89. The fraction of sp³-hybridized carbons (Fsp3) is 0.500. The van der Waals surface area contributed by atoms with Crippen molar-refractivity contribution < 1.29 is 18.3 Å². The minimum Gasteiger partial charge on any atom is -0.393 e. The first kappa shape index (κ1) is 12.2.